The molecule has 2 N–H and O–H groups in total. The van der Waals surface area contributed by atoms with E-state index >= 15 is 0 Å². The third-order valence-corrected chi connectivity index (χ3v) is 7.51. The lowest BCUT2D eigenvalue weighted by atomic mass is 9.90. The number of fused-ring (bicyclic) bond motifs is 1. The number of rotatable bonds is 3. The second-order valence-corrected chi connectivity index (χ2v) is 10.8. The van der Waals surface area contributed by atoms with Gasteiger partial charge >= 0.3 is 6.03 Å². The molecule has 0 radical (unpaired) electrons. The Balaban J connectivity index is 1.29. The maximum Gasteiger partial charge on any atom is 0.320 e. The molecular formula is C21H30N4O4S. The predicted molar refractivity (Wildman–Crippen MR) is 113 cm³/mol. The number of hydrogen-bond donors (Lipinski definition) is 2. The SMILES string of the molecule is CS(=N)(=O)c1cccc(CC2CCN(C(=O)N3CC[C@@H]4OCC(=O)N[C@@H]4C3)CC2)c1. The maximum absolute atomic E-state index is 13.0. The molecule has 3 aliphatic heterocycles. The highest BCUT2D eigenvalue weighted by atomic mass is 32.2. The van der Waals surface area contributed by atoms with Crippen molar-refractivity contribution in [1.82, 2.24) is 15.1 Å². The molecule has 1 unspecified atom stereocenters. The van der Waals surface area contributed by atoms with E-state index in [1.165, 1.54) is 6.26 Å². The van der Waals surface area contributed by atoms with Crippen molar-refractivity contribution in [2.24, 2.45) is 5.92 Å². The van der Waals surface area contributed by atoms with Crippen LogP contribution in [0.5, 0.6) is 0 Å². The highest BCUT2D eigenvalue weighted by Crippen LogP contribution is 2.25. The average molecular weight is 435 g/mol. The highest BCUT2D eigenvalue weighted by Gasteiger charge is 2.37. The molecule has 0 spiro atoms. The van der Waals surface area contributed by atoms with E-state index in [1.54, 1.807) is 6.07 Å². The summed E-state index contributed by atoms with van der Waals surface area (Å²) in [5.41, 5.74) is 1.11. The molecule has 0 aliphatic carbocycles. The fraction of sp³-hybridized carbons (Fsp3) is 0.619. The van der Waals surface area contributed by atoms with Crippen molar-refractivity contribution < 1.29 is 18.5 Å². The van der Waals surface area contributed by atoms with Crippen molar-refractivity contribution in [2.45, 2.75) is 42.7 Å². The molecule has 4 rings (SSSR count). The van der Waals surface area contributed by atoms with Gasteiger partial charge in [0.25, 0.3) is 0 Å². The number of nitrogens with one attached hydrogen (secondary N) is 2. The minimum Gasteiger partial charge on any atom is -0.366 e. The van der Waals surface area contributed by atoms with Crippen LogP contribution in [0.15, 0.2) is 29.2 Å². The van der Waals surface area contributed by atoms with Crippen molar-refractivity contribution in [3.05, 3.63) is 29.8 Å². The predicted octanol–water partition coefficient (Wildman–Crippen LogP) is 1.69. The first kappa shape index (κ1) is 21.1. The second kappa shape index (κ2) is 8.55. The third kappa shape index (κ3) is 4.78. The largest absolute Gasteiger partial charge is 0.366 e. The van der Waals surface area contributed by atoms with Gasteiger partial charge in [-0.3, -0.25) is 4.79 Å². The van der Waals surface area contributed by atoms with Crippen LogP contribution in [0.1, 0.15) is 24.8 Å². The number of hydrogen-bond acceptors (Lipinski definition) is 5. The molecule has 3 amide bonds. The molecule has 1 aromatic rings. The Morgan fingerprint density at radius 2 is 1.97 bits per heavy atom. The van der Waals surface area contributed by atoms with Crippen molar-refractivity contribution in [2.75, 3.05) is 39.0 Å². The molecule has 3 saturated heterocycles. The minimum absolute atomic E-state index is 0.00906. The Hall–Kier alpha value is -2.13. The monoisotopic (exact) mass is 434 g/mol. The number of piperidine rings is 2. The minimum atomic E-state index is -2.70. The summed E-state index contributed by atoms with van der Waals surface area (Å²) in [6, 6.07) is 7.48. The van der Waals surface area contributed by atoms with Gasteiger partial charge in [-0.2, -0.15) is 0 Å². The Bertz CT molecular complexity index is 911. The van der Waals surface area contributed by atoms with Gasteiger partial charge in [-0.1, -0.05) is 12.1 Å². The van der Waals surface area contributed by atoms with Crippen LogP contribution < -0.4 is 5.32 Å². The molecule has 0 saturated carbocycles. The average Bonchev–Trinajstić information content (AvgIpc) is 2.73. The maximum atomic E-state index is 13.0. The number of carbonyl (C=O) groups is 2. The normalized spacial score (nSPS) is 27.2. The van der Waals surface area contributed by atoms with Crippen LogP contribution in [0.2, 0.25) is 0 Å². The number of likely N-dealkylation sites (tertiary alicyclic amines) is 2. The first-order chi connectivity index (χ1) is 14.3. The summed E-state index contributed by atoms with van der Waals surface area (Å²) in [5.74, 6) is 0.361. The zero-order valence-electron chi connectivity index (χ0n) is 17.3. The van der Waals surface area contributed by atoms with Crippen LogP contribution in [-0.4, -0.2) is 77.1 Å². The third-order valence-electron chi connectivity index (χ3n) is 6.35. The van der Waals surface area contributed by atoms with E-state index in [4.69, 9.17) is 9.52 Å². The van der Waals surface area contributed by atoms with E-state index in [1.807, 2.05) is 28.0 Å². The van der Waals surface area contributed by atoms with Gasteiger partial charge in [-0.05, 0) is 49.3 Å². The summed E-state index contributed by atoms with van der Waals surface area (Å²) in [6.07, 6.45) is 4.94. The van der Waals surface area contributed by atoms with Gasteiger partial charge in [0.1, 0.15) is 6.61 Å². The Morgan fingerprint density at radius 1 is 1.23 bits per heavy atom. The Morgan fingerprint density at radius 3 is 2.70 bits per heavy atom. The van der Waals surface area contributed by atoms with Crippen molar-refractivity contribution in [3.8, 4) is 0 Å². The number of benzene rings is 1. The second-order valence-electron chi connectivity index (χ2n) is 8.67. The Kier molecular flexibility index (Phi) is 6.02. The van der Waals surface area contributed by atoms with Crippen molar-refractivity contribution in [1.29, 1.82) is 4.78 Å². The number of carbonyl (C=O) groups excluding carboxylic acids is 2. The van der Waals surface area contributed by atoms with Crippen LogP contribution in [0.4, 0.5) is 4.79 Å². The molecular weight excluding hydrogens is 404 g/mol. The van der Waals surface area contributed by atoms with Crippen molar-refractivity contribution >= 4 is 21.7 Å². The van der Waals surface area contributed by atoms with Gasteiger partial charge < -0.3 is 19.9 Å². The van der Waals surface area contributed by atoms with E-state index in [0.29, 0.717) is 23.9 Å². The van der Waals surface area contributed by atoms with Crippen LogP contribution >= 0.6 is 0 Å². The van der Waals surface area contributed by atoms with E-state index in [2.05, 4.69) is 5.32 Å². The molecule has 3 aliphatic rings. The molecule has 0 bridgehead atoms. The lowest BCUT2D eigenvalue weighted by Gasteiger charge is -2.43. The molecule has 3 fully saturated rings. The Labute approximate surface area is 177 Å². The summed E-state index contributed by atoms with van der Waals surface area (Å²) in [5, 5.41) is 2.95. The lowest BCUT2D eigenvalue weighted by Crippen LogP contribution is -2.62. The van der Waals surface area contributed by atoms with Gasteiger partial charge in [0, 0.05) is 37.3 Å². The number of nitrogens with zero attached hydrogens (tertiary/aromatic N) is 2. The standard InChI is InChI=1S/C21H30N4O4S/c1-30(22,28)17-4-2-3-16(12-17)11-15-5-8-24(9-6-15)21(27)25-10-7-19-18(13-25)23-20(26)14-29-19/h2-4,12,15,18-19,22H,5-11,13-14H2,1H3,(H,23,26)/t18-,19+,30?/m1/s1. The summed E-state index contributed by atoms with van der Waals surface area (Å²) in [6.45, 7) is 2.72. The molecule has 3 heterocycles. The number of amides is 3. The van der Waals surface area contributed by atoms with Gasteiger partial charge in [0.05, 0.1) is 21.9 Å². The van der Waals surface area contributed by atoms with E-state index in [0.717, 1.165) is 44.3 Å². The van der Waals surface area contributed by atoms with Crippen LogP contribution in [0, 0.1) is 10.7 Å². The fourth-order valence-corrected chi connectivity index (χ4v) is 5.36. The van der Waals surface area contributed by atoms with Gasteiger partial charge in [0.2, 0.25) is 5.91 Å². The fourth-order valence-electron chi connectivity index (χ4n) is 4.65. The molecule has 8 nitrogen and oxygen atoms in total. The van der Waals surface area contributed by atoms with Crippen LogP contribution in [-0.2, 0) is 25.7 Å². The lowest BCUT2D eigenvalue weighted by molar-refractivity contribution is -0.139. The molecule has 9 heteroatoms. The molecule has 164 valence electrons. The first-order valence-corrected chi connectivity index (χ1v) is 12.5. The van der Waals surface area contributed by atoms with Crippen LogP contribution in [0.3, 0.4) is 0 Å². The summed E-state index contributed by atoms with van der Waals surface area (Å²) >= 11 is 0. The zero-order chi connectivity index (χ0) is 21.3. The molecule has 1 aromatic carbocycles. The summed E-state index contributed by atoms with van der Waals surface area (Å²) in [7, 11) is -2.70. The highest BCUT2D eigenvalue weighted by molar-refractivity contribution is 7.91. The van der Waals surface area contributed by atoms with Crippen LogP contribution in [0.25, 0.3) is 0 Å². The van der Waals surface area contributed by atoms with Gasteiger partial charge in [-0.25, -0.2) is 13.8 Å². The topological polar surface area (TPSA) is 103 Å². The molecule has 3 atom stereocenters. The first-order valence-electron chi connectivity index (χ1n) is 10.6. The van der Waals surface area contributed by atoms with E-state index in [-0.39, 0.29) is 30.7 Å². The summed E-state index contributed by atoms with van der Waals surface area (Å²) < 4.78 is 25.3. The van der Waals surface area contributed by atoms with Gasteiger partial charge in [-0.15, -0.1) is 0 Å². The summed E-state index contributed by atoms with van der Waals surface area (Å²) in [4.78, 5) is 28.9. The quantitative estimate of drug-likeness (QED) is 0.756. The number of morpholine rings is 1. The van der Waals surface area contributed by atoms with Gasteiger partial charge in [0.15, 0.2) is 0 Å². The van der Waals surface area contributed by atoms with E-state index < -0.39 is 9.73 Å². The number of urea groups is 1. The molecule has 0 aromatic heterocycles. The van der Waals surface area contributed by atoms with E-state index in [9.17, 15) is 13.8 Å². The smallest absolute Gasteiger partial charge is 0.320 e. The van der Waals surface area contributed by atoms with Crippen molar-refractivity contribution in [3.63, 3.8) is 0 Å². The zero-order valence-corrected chi connectivity index (χ0v) is 18.2. The molecule has 30 heavy (non-hydrogen) atoms. The number of ether oxygens (including phenoxy) is 1.